The van der Waals surface area contributed by atoms with Gasteiger partial charge in [-0.15, -0.1) is 0 Å². The van der Waals surface area contributed by atoms with E-state index in [1.54, 1.807) is 30.3 Å². The third kappa shape index (κ3) is 4.67. The van der Waals surface area contributed by atoms with Crippen LogP contribution in [0.2, 0.25) is 0 Å². The predicted molar refractivity (Wildman–Crippen MR) is 56.0 cm³/mol. The van der Waals surface area contributed by atoms with E-state index in [2.05, 4.69) is 10.8 Å². The van der Waals surface area contributed by atoms with Crippen LogP contribution in [0.1, 0.15) is 5.56 Å². The Morgan fingerprint density at radius 3 is 2.15 bits per heavy atom. The monoisotopic (exact) mass is 226 g/mol. The molecule has 0 N–H and O–H groups in total. The molecule has 0 saturated heterocycles. The van der Waals surface area contributed by atoms with Crippen LogP contribution in [0, 0.1) is 0 Å². The van der Waals surface area contributed by atoms with Gasteiger partial charge in [-0.3, -0.25) is 0 Å². The van der Waals surface area contributed by atoms with Crippen molar-refractivity contribution in [3.8, 4) is 5.75 Å². The first-order chi connectivity index (χ1) is 5.72. The fourth-order valence-electron chi connectivity index (χ4n) is 0.751. The van der Waals surface area contributed by atoms with Gasteiger partial charge in [-0.1, -0.05) is 24.8 Å². The molecular weight excluding hydrogens is 216 g/mol. The van der Waals surface area contributed by atoms with E-state index in [0.717, 1.165) is 5.56 Å². The molecule has 0 heterocycles. The van der Waals surface area contributed by atoms with Crippen LogP contribution >= 0.6 is 0 Å². The van der Waals surface area contributed by atoms with Crippen LogP contribution in [0.15, 0.2) is 30.8 Å². The van der Waals surface area contributed by atoms with Crippen LogP contribution in [-0.4, -0.2) is 46.2 Å². The Hall–Kier alpha value is -0.0303. The van der Waals surface area contributed by atoms with Crippen LogP contribution in [0.25, 0.3) is 6.08 Å². The summed E-state index contributed by atoms with van der Waals surface area (Å²) in [7, 11) is -2.82. The van der Waals surface area contributed by atoms with Gasteiger partial charge in [0.05, 0.1) is 0 Å². The molecule has 0 aliphatic heterocycles. The third-order valence-electron chi connectivity index (χ3n) is 1.30. The Bertz CT molecular complexity index is 335. The summed E-state index contributed by atoms with van der Waals surface area (Å²) in [4.78, 5) is 0. The summed E-state index contributed by atoms with van der Waals surface area (Å²) in [6, 6.07) is 6.59. The zero-order chi connectivity index (χ0) is 8.97. The molecular formula is C8H10CaO3S. The maximum atomic E-state index is 10.1. The van der Waals surface area contributed by atoms with Crippen molar-refractivity contribution in [2.45, 2.75) is 0 Å². The van der Waals surface area contributed by atoms with Crippen molar-refractivity contribution in [1.82, 2.24) is 0 Å². The Kier molecular flexibility index (Phi) is 6.41. The second-order valence-electron chi connectivity index (χ2n) is 2.09. The summed E-state index contributed by atoms with van der Waals surface area (Å²) in [5.74, 6) is 0.316. The van der Waals surface area contributed by atoms with E-state index in [0.29, 0.717) is 5.75 Å². The normalized spacial score (nSPS) is 9.00. The Morgan fingerprint density at radius 1 is 1.23 bits per heavy atom. The van der Waals surface area contributed by atoms with Gasteiger partial charge in [0, 0.05) is 0 Å². The average molecular weight is 226 g/mol. The maximum absolute atomic E-state index is 10.1. The number of thiol groups is 1. The van der Waals surface area contributed by atoms with Gasteiger partial charge in [0.1, 0.15) is 5.75 Å². The van der Waals surface area contributed by atoms with Gasteiger partial charge in [0.15, 0.2) is 0 Å². The van der Waals surface area contributed by atoms with Gasteiger partial charge >= 0.3 is 37.7 Å². The van der Waals surface area contributed by atoms with Crippen molar-refractivity contribution in [1.29, 1.82) is 0 Å². The first-order valence-electron chi connectivity index (χ1n) is 3.27. The van der Waals surface area contributed by atoms with Gasteiger partial charge in [0.2, 0.25) is 0 Å². The molecule has 3 nitrogen and oxygen atoms in total. The van der Waals surface area contributed by atoms with Gasteiger partial charge in [-0.2, -0.15) is 8.42 Å². The molecule has 0 radical (unpaired) electrons. The Labute approximate surface area is 109 Å². The summed E-state index contributed by atoms with van der Waals surface area (Å²) in [5.41, 5.74) is 0.920. The first-order valence-corrected chi connectivity index (χ1v) is 4.37. The minimum absolute atomic E-state index is 0. The van der Waals surface area contributed by atoms with Crippen LogP contribution in [0.3, 0.4) is 0 Å². The summed E-state index contributed by atoms with van der Waals surface area (Å²) in [6.07, 6.45) is 1.67. The van der Waals surface area contributed by atoms with Crippen molar-refractivity contribution < 1.29 is 12.6 Å². The molecule has 0 amide bonds. The van der Waals surface area contributed by atoms with Crippen molar-refractivity contribution in [2.75, 3.05) is 0 Å². The van der Waals surface area contributed by atoms with E-state index in [4.69, 9.17) is 0 Å². The number of hydrogen-bond acceptors (Lipinski definition) is 3. The number of benzene rings is 1. The van der Waals surface area contributed by atoms with Gasteiger partial charge in [-0.25, -0.2) is 0 Å². The van der Waals surface area contributed by atoms with Crippen LogP contribution < -0.4 is 4.18 Å². The van der Waals surface area contributed by atoms with E-state index in [-0.39, 0.29) is 37.7 Å². The third-order valence-corrected chi connectivity index (χ3v) is 1.66. The molecule has 1 rings (SSSR count). The Morgan fingerprint density at radius 2 is 1.77 bits per heavy atom. The van der Waals surface area contributed by atoms with Crippen molar-refractivity contribution in [3.05, 3.63) is 36.4 Å². The second-order valence-corrected chi connectivity index (χ2v) is 2.72. The fraction of sp³-hybridized carbons (Fsp3) is 0. The first kappa shape index (κ1) is 13.0. The summed E-state index contributed by atoms with van der Waals surface area (Å²) < 4.78 is 24.7. The number of hydrogen-bond donors (Lipinski definition) is 1. The molecule has 0 spiro atoms. The van der Waals surface area contributed by atoms with E-state index in [1.807, 2.05) is 0 Å². The molecule has 0 aliphatic rings. The van der Waals surface area contributed by atoms with Crippen molar-refractivity contribution in [3.63, 3.8) is 0 Å². The zero-order valence-electron chi connectivity index (χ0n) is 6.27. The Balaban J connectivity index is 0.00000144. The quantitative estimate of drug-likeness (QED) is 0.596. The molecule has 0 bridgehead atoms. The van der Waals surface area contributed by atoms with E-state index in [1.165, 1.54) is 0 Å². The molecule has 0 saturated carbocycles. The molecule has 68 valence electrons. The van der Waals surface area contributed by atoms with E-state index >= 15 is 0 Å². The van der Waals surface area contributed by atoms with Crippen molar-refractivity contribution >= 4 is 54.8 Å². The van der Waals surface area contributed by atoms with Crippen LogP contribution in [0.5, 0.6) is 5.75 Å². The number of rotatable bonds is 3. The van der Waals surface area contributed by atoms with Gasteiger partial charge in [0.25, 0.3) is 11.0 Å². The van der Waals surface area contributed by atoms with Crippen LogP contribution in [-0.2, 0) is 11.0 Å². The standard InChI is InChI=1S/C8H8O3S.Ca.2H/c1-2-7-3-5-8(6-4-7)11-12(9)10;;;/h2-6,12H,1H2;;;. The second kappa shape index (κ2) is 6.43. The molecule has 0 fully saturated rings. The van der Waals surface area contributed by atoms with Gasteiger partial charge < -0.3 is 4.18 Å². The molecule has 0 aliphatic carbocycles. The van der Waals surface area contributed by atoms with Crippen molar-refractivity contribution in [2.24, 2.45) is 0 Å². The zero-order valence-corrected chi connectivity index (χ0v) is 7.16. The van der Waals surface area contributed by atoms with Gasteiger partial charge in [-0.05, 0) is 17.7 Å². The molecule has 13 heavy (non-hydrogen) atoms. The summed E-state index contributed by atoms with van der Waals surface area (Å²) >= 11 is 0. The summed E-state index contributed by atoms with van der Waals surface area (Å²) in [6.45, 7) is 3.56. The molecule has 5 heteroatoms. The average Bonchev–Trinajstić information content (AvgIpc) is 2.05. The fourth-order valence-corrected chi connectivity index (χ4v) is 1.04. The minimum atomic E-state index is -2.82. The topological polar surface area (TPSA) is 43.4 Å². The molecule has 1 aromatic carbocycles. The molecule has 0 aromatic heterocycles. The van der Waals surface area contributed by atoms with Crippen LogP contribution in [0.4, 0.5) is 0 Å². The molecule has 0 atom stereocenters. The summed E-state index contributed by atoms with van der Waals surface area (Å²) in [5, 5.41) is 0. The van der Waals surface area contributed by atoms with E-state index < -0.39 is 11.0 Å². The SMILES string of the molecule is C=Cc1ccc(O[SH](=O)=O)cc1.[CaH2]. The van der Waals surface area contributed by atoms with E-state index in [9.17, 15) is 8.42 Å². The predicted octanol–water partition coefficient (Wildman–Crippen LogP) is 0.319. The molecule has 0 unspecified atom stereocenters. The molecule has 1 aromatic rings.